The minimum Gasteiger partial charge on any atom is -0.478 e. The van der Waals surface area contributed by atoms with Gasteiger partial charge in [-0.05, 0) is 6.08 Å². The number of hydrogen-bond donors (Lipinski definition) is 1. The Morgan fingerprint density at radius 1 is 1.65 bits per heavy atom. The van der Waals surface area contributed by atoms with Crippen molar-refractivity contribution in [3.05, 3.63) is 23.3 Å². The third-order valence-corrected chi connectivity index (χ3v) is 3.75. The number of thiazole rings is 1. The Morgan fingerprint density at radius 3 is 3.06 bits per heavy atom. The van der Waals surface area contributed by atoms with Gasteiger partial charge in [-0.15, -0.1) is 23.1 Å². The van der Waals surface area contributed by atoms with Crippen molar-refractivity contribution in [3.8, 4) is 0 Å². The molecule has 2 rings (SSSR count). The maximum Gasteiger partial charge on any atom is 0.328 e. The zero-order valence-electron chi connectivity index (χ0n) is 9.45. The van der Waals surface area contributed by atoms with E-state index in [1.54, 1.807) is 29.2 Å². The van der Waals surface area contributed by atoms with Crippen LogP contribution >= 0.6 is 23.1 Å². The molecule has 0 amide bonds. The molecule has 2 heterocycles. The summed E-state index contributed by atoms with van der Waals surface area (Å²) in [4.78, 5) is 16.0. The van der Waals surface area contributed by atoms with E-state index >= 15 is 0 Å². The monoisotopic (exact) mass is 268 g/mol. The fraction of sp³-hybridized carbons (Fsp3) is 0.273. The van der Waals surface area contributed by atoms with Crippen molar-refractivity contribution < 1.29 is 9.90 Å². The van der Waals surface area contributed by atoms with Crippen LogP contribution in [-0.4, -0.2) is 25.7 Å². The SMILES string of the molecule is CC(C)Sc1nc2sccn2c1/C=C/C(=O)O. The molecule has 0 saturated carbocycles. The van der Waals surface area contributed by atoms with Gasteiger partial charge in [0.25, 0.3) is 0 Å². The van der Waals surface area contributed by atoms with Gasteiger partial charge < -0.3 is 5.11 Å². The van der Waals surface area contributed by atoms with E-state index in [2.05, 4.69) is 18.8 Å². The van der Waals surface area contributed by atoms with Crippen molar-refractivity contribution >= 4 is 40.1 Å². The molecular weight excluding hydrogens is 256 g/mol. The van der Waals surface area contributed by atoms with Crippen LogP contribution in [0.1, 0.15) is 19.5 Å². The van der Waals surface area contributed by atoms with Gasteiger partial charge in [-0.1, -0.05) is 13.8 Å². The molecule has 0 aromatic carbocycles. The molecule has 0 fully saturated rings. The van der Waals surface area contributed by atoms with E-state index in [4.69, 9.17) is 5.11 Å². The Morgan fingerprint density at radius 2 is 2.41 bits per heavy atom. The molecule has 0 spiro atoms. The number of imidazole rings is 1. The van der Waals surface area contributed by atoms with Crippen LogP contribution in [0.5, 0.6) is 0 Å². The molecule has 2 aromatic heterocycles. The van der Waals surface area contributed by atoms with E-state index in [0.29, 0.717) is 5.25 Å². The average molecular weight is 268 g/mol. The van der Waals surface area contributed by atoms with E-state index < -0.39 is 5.97 Å². The van der Waals surface area contributed by atoms with Crippen LogP contribution in [0.3, 0.4) is 0 Å². The smallest absolute Gasteiger partial charge is 0.328 e. The minimum absolute atomic E-state index is 0.414. The Kier molecular flexibility index (Phi) is 3.54. The summed E-state index contributed by atoms with van der Waals surface area (Å²) in [6.07, 6.45) is 4.64. The standard InChI is InChI=1S/C11H12N2O2S2/c1-7(2)17-10-8(3-4-9(14)15)13-5-6-16-11(13)12-10/h3-7H,1-2H3,(H,14,15)/b4-3+. The van der Waals surface area contributed by atoms with Gasteiger partial charge in [0.05, 0.1) is 5.69 Å². The molecule has 0 radical (unpaired) electrons. The zero-order chi connectivity index (χ0) is 12.4. The first-order valence-corrected chi connectivity index (χ1v) is 6.87. The lowest BCUT2D eigenvalue weighted by Crippen LogP contribution is -1.91. The summed E-state index contributed by atoms with van der Waals surface area (Å²) in [6.45, 7) is 4.17. The van der Waals surface area contributed by atoms with Gasteiger partial charge in [0.1, 0.15) is 5.03 Å². The van der Waals surface area contributed by atoms with Crippen molar-refractivity contribution in [1.82, 2.24) is 9.38 Å². The summed E-state index contributed by atoms with van der Waals surface area (Å²) in [5.41, 5.74) is 0.836. The first-order chi connectivity index (χ1) is 8.08. The van der Waals surface area contributed by atoms with Gasteiger partial charge in [0.15, 0.2) is 4.96 Å². The number of fused-ring (bicyclic) bond motifs is 1. The molecule has 0 atom stereocenters. The first kappa shape index (κ1) is 12.2. The number of rotatable bonds is 4. The molecule has 0 aliphatic rings. The van der Waals surface area contributed by atoms with E-state index in [1.807, 2.05) is 16.0 Å². The molecule has 1 N–H and O–H groups in total. The van der Waals surface area contributed by atoms with Crippen molar-refractivity contribution in [2.75, 3.05) is 0 Å². The van der Waals surface area contributed by atoms with E-state index in [0.717, 1.165) is 21.8 Å². The number of thioether (sulfide) groups is 1. The number of carbonyl (C=O) groups is 1. The fourth-order valence-corrected chi connectivity index (χ4v) is 3.05. The molecule has 4 nitrogen and oxygen atoms in total. The van der Waals surface area contributed by atoms with E-state index in [9.17, 15) is 4.79 Å². The minimum atomic E-state index is -0.948. The Labute approximate surface area is 107 Å². The van der Waals surface area contributed by atoms with Gasteiger partial charge >= 0.3 is 5.97 Å². The van der Waals surface area contributed by atoms with Gasteiger partial charge in [-0.25, -0.2) is 9.78 Å². The topological polar surface area (TPSA) is 54.6 Å². The van der Waals surface area contributed by atoms with Gasteiger partial charge in [-0.3, -0.25) is 4.40 Å². The van der Waals surface area contributed by atoms with Crippen LogP contribution < -0.4 is 0 Å². The number of nitrogens with zero attached hydrogens (tertiary/aromatic N) is 2. The molecular formula is C11H12N2O2S2. The third-order valence-electron chi connectivity index (χ3n) is 2.00. The van der Waals surface area contributed by atoms with Crippen molar-refractivity contribution in [1.29, 1.82) is 0 Å². The summed E-state index contributed by atoms with van der Waals surface area (Å²) in [7, 11) is 0. The zero-order valence-corrected chi connectivity index (χ0v) is 11.1. The van der Waals surface area contributed by atoms with Gasteiger partial charge in [0, 0.05) is 22.9 Å². The van der Waals surface area contributed by atoms with Crippen LogP contribution in [0.25, 0.3) is 11.0 Å². The second kappa shape index (κ2) is 4.93. The lowest BCUT2D eigenvalue weighted by molar-refractivity contribution is -0.131. The van der Waals surface area contributed by atoms with E-state index in [1.165, 1.54) is 0 Å². The Bertz CT molecular complexity index is 569. The van der Waals surface area contributed by atoms with Crippen LogP contribution in [0, 0.1) is 0 Å². The van der Waals surface area contributed by atoms with Crippen LogP contribution in [0.15, 0.2) is 22.7 Å². The molecule has 90 valence electrons. The summed E-state index contributed by atoms with van der Waals surface area (Å²) in [5.74, 6) is -0.948. The van der Waals surface area contributed by atoms with Crippen molar-refractivity contribution in [2.24, 2.45) is 0 Å². The Hall–Kier alpha value is -1.27. The number of hydrogen-bond acceptors (Lipinski definition) is 4. The maximum atomic E-state index is 10.6. The average Bonchev–Trinajstić information content (AvgIpc) is 2.74. The van der Waals surface area contributed by atoms with Crippen molar-refractivity contribution in [2.45, 2.75) is 24.1 Å². The summed E-state index contributed by atoms with van der Waals surface area (Å²) in [5, 5.41) is 11.9. The molecule has 6 heteroatoms. The fourth-order valence-electron chi connectivity index (χ4n) is 1.40. The second-order valence-corrected chi connectivity index (χ2v) is 6.13. The number of aliphatic carboxylic acids is 1. The first-order valence-electron chi connectivity index (χ1n) is 5.11. The summed E-state index contributed by atoms with van der Waals surface area (Å²) < 4.78 is 1.91. The quantitative estimate of drug-likeness (QED) is 0.684. The predicted molar refractivity (Wildman–Crippen MR) is 70.7 cm³/mol. The second-order valence-electron chi connectivity index (χ2n) is 3.70. The van der Waals surface area contributed by atoms with Crippen molar-refractivity contribution in [3.63, 3.8) is 0 Å². The van der Waals surface area contributed by atoms with Crippen LogP contribution in [0.4, 0.5) is 0 Å². The molecule has 2 aromatic rings. The van der Waals surface area contributed by atoms with Crippen LogP contribution in [0.2, 0.25) is 0 Å². The summed E-state index contributed by atoms with van der Waals surface area (Å²) in [6, 6.07) is 0. The molecule has 0 bridgehead atoms. The molecule has 0 saturated heterocycles. The van der Waals surface area contributed by atoms with Gasteiger partial charge in [0.2, 0.25) is 0 Å². The third kappa shape index (κ3) is 2.70. The number of carboxylic acids is 1. The van der Waals surface area contributed by atoms with E-state index in [-0.39, 0.29) is 0 Å². The lowest BCUT2D eigenvalue weighted by Gasteiger charge is -2.02. The predicted octanol–water partition coefficient (Wildman–Crippen LogP) is 2.99. The molecule has 0 unspecified atom stereocenters. The maximum absolute atomic E-state index is 10.6. The number of aromatic nitrogens is 2. The number of carboxylic acid groups (broad SMARTS) is 1. The highest BCUT2D eigenvalue weighted by atomic mass is 32.2. The highest BCUT2D eigenvalue weighted by molar-refractivity contribution is 7.99. The molecule has 0 aliphatic carbocycles. The summed E-state index contributed by atoms with van der Waals surface area (Å²) >= 11 is 3.18. The highest BCUT2D eigenvalue weighted by Gasteiger charge is 2.12. The molecule has 0 aliphatic heterocycles. The van der Waals surface area contributed by atoms with Gasteiger partial charge in [-0.2, -0.15) is 0 Å². The largest absolute Gasteiger partial charge is 0.478 e. The molecule has 17 heavy (non-hydrogen) atoms. The van der Waals surface area contributed by atoms with Crippen LogP contribution in [-0.2, 0) is 4.79 Å². The normalized spacial score (nSPS) is 11.9. The lowest BCUT2D eigenvalue weighted by atomic mass is 10.4. The Balaban J connectivity index is 2.46. The highest BCUT2D eigenvalue weighted by Crippen LogP contribution is 2.29.